The summed E-state index contributed by atoms with van der Waals surface area (Å²) in [5, 5.41) is 8.49. The van der Waals surface area contributed by atoms with Crippen LogP contribution in [0.4, 0.5) is 13.2 Å². The van der Waals surface area contributed by atoms with Gasteiger partial charge >= 0.3 is 6.18 Å². The van der Waals surface area contributed by atoms with E-state index in [0.717, 1.165) is 43.2 Å². The minimum absolute atomic E-state index is 0.194. The van der Waals surface area contributed by atoms with E-state index >= 15 is 0 Å². The van der Waals surface area contributed by atoms with Gasteiger partial charge in [-0.2, -0.15) is 13.2 Å². The molecule has 1 fully saturated rings. The van der Waals surface area contributed by atoms with E-state index in [1.807, 2.05) is 0 Å². The van der Waals surface area contributed by atoms with Crippen LogP contribution in [0, 0.1) is 0 Å². The molecule has 1 amide bonds. The van der Waals surface area contributed by atoms with Crippen LogP contribution in [-0.2, 0) is 19.1 Å². The highest BCUT2D eigenvalue weighted by Gasteiger charge is 2.34. The largest absolute Gasteiger partial charge is 0.431 e. The molecule has 2 aliphatic heterocycles. The van der Waals surface area contributed by atoms with E-state index < -0.39 is 23.3 Å². The molecule has 0 radical (unpaired) electrons. The summed E-state index contributed by atoms with van der Waals surface area (Å²) in [6.45, 7) is 1.76. The zero-order chi connectivity index (χ0) is 19.2. The van der Waals surface area contributed by atoms with E-state index in [1.54, 1.807) is 4.98 Å². The van der Waals surface area contributed by atoms with Gasteiger partial charge in [-0.1, -0.05) is 0 Å². The van der Waals surface area contributed by atoms with Crippen molar-refractivity contribution in [2.45, 2.75) is 44.3 Å². The van der Waals surface area contributed by atoms with Gasteiger partial charge in [-0.3, -0.25) is 9.59 Å². The fourth-order valence-corrected chi connectivity index (χ4v) is 3.79. The first kappa shape index (κ1) is 17.7. The van der Waals surface area contributed by atoms with Crippen LogP contribution < -0.4 is 5.56 Å². The Kier molecular flexibility index (Phi) is 4.27. The maximum absolute atomic E-state index is 12.6. The highest BCUT2D eigenvalue weighted by Crippen LogP contribution is 2.30. The maximum Gasteiger partial charge on any atom is 0.431 e. The molecule has 27 heavy (non-hydrogen) atoms. The first-order valence-corrected chi connectivity index (χ1v) is 8.86. The Morgan fingerprint density at radius 2 is 1.89 bits per heavy atom. The molecule has 0 unspecified atom stereocenters. The van der Waals surface area contributed by atoms with Crippen LogP contribution in [-0.4, -0.2) is 43.6 Å². The molecule has 0 spiro atoms. The molecule has 0 aliphatic carbocycles. The number of aromatic nitrogens is 4. The van der Waals surface area contributed by atoms with Crippen LogP contribution in [0.5, 0.6) is 0 Å². The number of aryl methyl sites for hydroxylation is 1. The second kappa shape index (κ2) is 6.50. The topological polar surface area (TPSA) is 83.9 Å². The zero-order valence-corrected chi connectivity index (χ0v) is 14.4. The monoisotopic (exact) mass is 381 g/mol. The van der Waals surface area contributed by atoms with E-state index in [1.165, 1.54) is 4.90 Å². The Balaban J connectivity index is 1.45. The predicted molar refractivity (Wildman–Crippen MR) is 88.3 cm³/mol. The number of pyridine rings is 1. The molecule has 0 atom stereocenters. The van der Waals surface area contributed by atoms with E-state index in [4.69, 9.17) is 0 Å². The summed E-state index contributed by atoms with van der Waals surface area (Å²) >= 11 is 0. The molecule has 0 bridgehead atoms. The summed E-state index contributed by atoms with van der Waals surface area (Å²) in [4.78, 5) is 27.7. The van der Waals surface area contributed by atoms with Gasteiger partial charge in [0.1, 0.15) is 22.9 Å². The molecule has 1 N–H and O–H groups in total. The number of hydrogen-bond acceptors (Lipinski definition) is 4. The number of hydrogen-bond donors (Lipinski definition) is 1. The van der Waals surface area contributed by atoms with E-state index in [9.17, 15) is 22.8 Å². The minimum Gasteiger partial charge on any atom is -0.338 e. The van der Waals surface area contributed by atoms with E-state index in [-0.39, 0.29) is 11.5 Å². The summed E-state index contributed by atoms with van der Waals surface area (Å²) in [5.41, 5.74) is -2.46. The molecule has 2 aromatic heterocycles. The lowest BCUT2D eigenvalue weighted by Gasteiger charge is -2.31. The number of alkyl halides is 3. The maximum atomic E-state index is 12.6. The number of carbonyl (C=O) groups is 1. The van der Waals surface area contributed by atoms with Crippen molar-refractivity contribution in [1.82, 2.24) is 24.6 Å². The molecule has 0 saturated carbocycles. The van der Waals surface area contributed by atoms with Gasteiger partial charge in [0.25, 0.3) is 11.5 Å². The van der Waals surface area contributed by atoms with Crippen molar-refractivity contribution < 1.29 is 18.0 Å². The lowest BCUT2D eigenvalue weighted by atomic mass is 9.95. The van der Waals surface area contributed by atoms with Gasteiger partial charge in [0.05, 0.1) is 0 Å². The Hall–Kier alpha value is -2.65. The number of nitrogens with zero attached hydrogens (tertiary/aromatic N) is 4. The SMILES string of the molecule is O=C(c1ccc(C(F)(F)F)[nH]c1=O)N1CCC(c2nnc3n2CCC3)CC1. The van der Waals surface area contributed by atoms with Crippen molar-refractivity contribution in [3.63, 3.8) is 0 Å². The Morgan fingerprint density at radius 1 is 1.15 bits per heavy atom. The van der Waals surface area contributed by atoms with Gasteiger partial charge in [-0.25, -0.2) is 0 Å². The molecule has 2 aliphatic rings. The number of rotatable bonds is 2. The van der Waals surface area contributed by atoms with Gasteiger partial charge in [0, 0.05) is 32.0 Å². The lowest BCUT2D eigenvalue weighted by molar-refractivity contribution is -0.141. The van der Waals surface area contributed by atoms with Crippen LogP contribution in [0.15, 0.2) is 16.9 Å². The second-order valence-electron chi connectivity index (χ2n) is 6.91. The second-order valence-corrected chi connectivity index (χ2v) is 6.91. The van der Waals surface area contributed by atoms with Gasteiger partial charge in [-0.15, -0.1) is 10.2 Å². The van der Waals surface area contributed by atoms with Crippen molar-refractivity contribution in [2.24, 2.45) is 0 Å². The van der Waals surface area contributed by atoms with Crippen molar-refractivity contribution in [2.75, 3.05) is 13.1 Å². The average molecular weight is 381 g/mol. The number of halogens is 3. The molecule has 10 heteroatoms. The van der Waals surface area contributed by atoms with Gasteiger partial charge in [0.2, 0.25) is 0 Å². The van der Waals surface area contributed by atoms with Crippen LogP contribution >= 0.6 is 0 Å². The number of H-pyrrole nitrogens is 1. The fraction of sp³-hybridized carbons (Fsp3) is 0.529. The third kappa shape index (κ3) is 3.24. The first-order chi connectivity index (χ1) is 12.8. The highest BCUT2D eigenvalue weighted by atomic mass is 19.4. The number of fused-ring (bicyclic) bond motifs is 1. The summed E-state index contributed by atoms with van der Waals surface area (Å²) < 4.78 is 40.1. The van der Waals surface area contributed by atoms with Crippen molar-refractivity contribution in [3.05, 3.63) is 45.4 Å². The number of amides is 1. The van der Waals surface area contributed by atoms with Crippen molar-refractivity contribution in [1.29, 1.82) is 0 Å². The Morgan fingerprint density at radius 3 is 2.56 bits per heavy atom. The summed E-state index contributed by atoms with van der Waals surface area (Å²) in [5.74, 6) is 1.59. The van der Waals surface area contributed by atoms with Crippen LogP contribution in [0.25, 0.3) is 0 Å². The molecule has 4 heterocycles. The number of nitrogens with one attached hydrogen (secondary N) is 1. The quantitative estimate of drug-likeness (QED) is 0.862. The zero-order valence-electron chi connectivity index (χ0n) is 14.4. The molecule has 2 aromatic rings. The summed E-state index contributed by atoms with van der Waals surface area (Å²) in [6, 6.07) is 1.67. The third-order valence-electron chi connectivity index (χ3n) is 5.23. The third-order valence-corrected chi connectivity index (χ3v) is 5.23. The molecular weight excluding hydrogens is 363 g/mol. The Labute approximate surface area is 152 Å². The summed E-state index contributed by atoms with van der Waals surface area (Å²) in [7, 11) is 0. The number of likely N-dealkylation sites (tertiary alicyclic amines) is 1. The Bertz CT molecular complexity index is 925. The molecule has 144 valence electrons. The van der Waals surface area contributed by atoms with Crippen LogP contribution in [0.2, 0.25) is 0 Å². The number of aromatic amines is 1. The van der Waals surface area contributed by atoms with Gasteiger partial charge < -0.3 is 14.5 Å². The van der Waals surface area contributed by atoms with Crippen LogP contribution in [0.1, 0.15) is 52.9 Å². The molecule has 4 rings (SSSR count). The molecule has 7 nitrogen and oxygen atoms in total. The predicted octanol–water partition coefficient (Wildman–Crippen LogP) is 1.95. The lowest BCUT2D eigenvalue weighted by Crippen LogP contribution is -2.40. The fourth-order valence-electron chi connectivity index (χ4n) is 3.79. The van der Waals surface area contributed by atoms with Crippen molar-refractivity contribution >= 4 is 5.91 Å². The average Bonchev–Trinajstić information content (AvgIpc) is 3.24. The normalized spacial score (nSPS) is 18.0. The van der Waals surface area contributed by atoms with E-state index in [0.29, 0.717) is 25.9 Å². The number of piperidine rings is 1. The number of carbonyl (C=O) groups excluding carboxylic acids is 1. The molecule has 1 saturated heterocycles. The van der Waals surface area contributed by atoms with Gasteiger partial charge in [-0.05, 0) is 31.4 Å². The molecule has 0 aromatic carbocycles. The highest BCUT2D eigenvalue weighted by molar-refractivity contribution is 5.93. The minimum atomic E-state index is -4.66. The first-order valence-electron chi connectivity index (χ1n) is 8.86. The van der Waals surface area contributed by atoms with Gasteiger partial charge in [0.15, 0.2) is 0 Å². The van der Waals surface area contributed by atoms with E-state index in [2.05, 4.69) is 14.8 Å². The summed E-state index contributed by atoms with van der Waals surface area (Å²) in [6.07, 6.45) is -1.30. The van der Waals surface area contributed by atoms with Crippen molar-refractivity contribution in [3.8, 4) is 0 Å². The molecular formula is C17H18F3N5O2. The van der Waals surface area contributed by atoms with Crippen LogP contribution in [0.3, 0.4) is 0 Å². The smallest absolute Gasteiger partial charge is 0.338 e. The standard InChI is InChI=1S/C17H18F3N5O2/c18-17(19,20)12-4-3-11(15(26)21-12)16(27)24-8-5-10(6-9-24)14-23-22-13-2-1-7-25(13)14/h3-4,10H,1-2,5-9H2,(H,21,26).